The number of nitrogens with zero attached hydrogens (tertiary/aromatic N) is 2. The number of rotatable bonds is 6. The Labute approximate surface area is 185 Å². The molecule has 1 aliphatic rings. The van der Waals surface area contributed by atoms with Gasteiger partial charge in [0.05, 0.1) is 12.6 Å². The largest absolute Gasteiger partial charge is 0.457 e. The normalized spacial score (nSPS) is 13.8. The Morgan fingerprint density at radius 2 is 2.03 bits per heavy atom. The molecule has 0 saturated carbocycles. The van der Waals surface area contributed by atoms with Crippen molar-refractivity contribution < 1.29 is 14.3 Å². The Kier molecular flexibility index (Phi) is 7.53. The number of thioether (sulfide) groups is 1. The predicted molar refractivity (Wildman–Crippen MR) is 123 cm³/mol. The van der Waals surface area contributed by atoms with Crippen LogP contribution in [0.5, 0.6) is 5.75 Å². The zero-order chi connectivity index (χ0) is 22.1. The Balaban J connectivity index is 1.73. The molecule has 6 nitrogen and oxygen atoms in total. The van der Waals surface area contributed by atoms with E-state index in [4.69, 9.17) is 16.0 Å². The molecule has 1 heterocycles. The first kappa shape index (κ1) is 21.8. The maximum atomic E-state index is 11.7. The van der Waals surface area contributed by atoms with Crippen molar-refractivity contribution >= 4 is 35.2 Å². The first-order chi connectivity index (χ1) is 15.1. The van der Waals surface area contributed by atoms with Crippen LogP contribution in [0.2, 0.25) is 0 Å². The van der Waals surface area contributed by atoms with Gasteiger partial charge in [-0.2, -0.15) is 11.8 Å². The Hall–Kier alpha value is -3.94. The lowest BCUT2D eigenvalue weighted by Gasteiger charge is -2.18. The second-order valence-electron chi connectivity index (χ2n) is 6.34. The lowest BCUT2D eigenvalue weighted by molar-refractivity contribution is 0.169. The van der Waals surface area contributed by atoms with Gasteiger partial charge < -0.3 is 9.47 Å². The second kappa shape index (κ2) is 10.7. The van der Waals surface area contributed by atoms with E-state index in [1.165, 1.54) is 0 Å². The molecule has 1 N–H and O–H groups in total. The highest BCUT2D eigenvalue weighted by atomic mass is 32.2. The molecular weight excluding hydrogens is 410 g/mol. The summed E-state index contributed by atoms with van der Waals surface area (Å²) in [6.07, 6.45) is 6.78. The fourth-order valence-electron chi connectivity index (χ4n) is 2.81. The van der Waals surface area contributed by atoms with Crippen LogP contribution in [0.1, 0.15) is 11.1 Å². The smallest absolute Gasteiger partial charge is 0.411 e. The Morgan fingerprint density at radius 3 is 2.74 bits per heavy atom. The van der Waals surface area contributed by atoms with Crippen LogP contribution in [0, 0.1) is 17.9 Å². The minimum Gasteiger partial charge on any atom is -0.457 e. The average molecular weight is 430 g/mol. The van der Waals surface area contributed by atoms with Crippen LogP contribution in [-0.2, 0) is 4.74 Å². The van der Waals surface area contributed by atoms with Gasteiger partial charge in [0.25, 0.3) is 5.70 Å². The number of amides is 1. The zero-order valence-electron chi connectivity index (χ0n) is 16.8. The van der Waals surface area contributed by atoms with E-state index < -0.39 is 6.09 Å². The standard InChI is InChI=1S/C24H19N3O3S/c1-26-22(16-25)21-15-19(30-23-6-4-3-5-20(21)23)12-9-17-7-10-18(11-8-17)27-24(28)29-13-14-31-2/h3-12,15H,13-14H2,2H3,(H,27,28)/b12-9+,22-21-. The predicted octanol–water partition coefficient (Wildman–Crippen LogP) is 5.74. The molecule has 2 aromatic rings. The maximum Gasteiger partial charge on any atom is 0.411 e. The number of para-hydroxylation sites is 1. The summed E-state index contributed by atoms with van der Waals surface area (Å²) in [4.78, 5) is 15.0. The zero-order valence-corrected chi connectivity index (χ0v) is 17.6. The Bertz CT molecular complexity index is 1120. The summed E-state index contributed by atoms with van der Waals surface area (Å²) in [7, 11) is 0. The molecule has 0 radical (unpaired) electrons. The molecule has 0 aliphatic carbocycles. The van der Waals surface area contributed by atoms with Gasteiger partial charge >= 0.3 is 6.09 Å². The number of nitrogens with one attached hydrogen (secondary N) is 1. The van der Waals surface area contributed by atoms with Crippen molar-refractivity contribution in [1.82, 2.24) is 0 Å². The van der Waals surface area contributed by atoms with Crippen molar-refractivity contribution in [2.45, 2.75) is 0 Å². The number of hydrogen-bond acceptors (Lipinski definition) is 5. The summed E-state index contributed by atoms with van der Waals surface area (Å²) < 4.78 is 11.0. The van der Waals surface area contributed by atoms with E-state index in [2.05, 4.69) is 10.2 Å². The quantitative estimate of drug-likeness (QED) is 0.360. The van der Waals surface area contributed by atoms with Crippen molar-refractivity contribution in [3.8, 4) is 11.8 Å². The number of ether oxygens (including phenoxy) is 2. The average Bonchev–Trinajstić information content (AvgIpc) is 2.79. The highest BCUT2D eigenvalue weighted by molar-refractivity contribution is 7.98. The molecule has 0 atom stereocenters. The third kappa shape index (κ3) is 5.79. The van der Waals surface area contributed by atoms with Gasteiger partial charge in [0.1, 0.15) is 18.1 Å². The molecule has 0 unspecified atom stereocenters. The molecule has 1 aliphatic heterocycles. The summed E-state index contributed by atoms with van der Waals surface area (Å²) in [6, 6.07) is 16.5. The van der Waals surface area contributed by atoms with Crippen molar-refractivity contribution in [1.29, 1.82) is 5.26 Å². The van der Waals surface area contributed by atoms with Crippen LogP contribution in [0.15, 0.2) is 72.1 Å². The first-order valence-electron chi connectivity index (χ1n) is 9.36. The molecule has 2 aromatic carbocycles. The molecule has 3 rings (SSSR count). The van der Waals surface area contributed by atoms with Crippen LogP contribution < -0.4 is 10.1 Å². The van der Waals surface area contributed by atoms with Gasteiger partial charge in [-0.1, -0.05) is 36.4 Å². The van der Waals surface area contributed by atoms with Gasteiger partial charge in [-0.15, -0.1) is 0 Å². The number of benzene rings is 2. The molecule has 31 heavy (non-hydrogen) atoms. The SMILES string of the molecule is [C-]#[N+]/C(C#N)=C1C=C(/C=C/c2ccc(NC(=O)OCCSC)cc2)Oc2ccccc2/1. The van der Waals surface area contributed by atoms with E-state index >= 15 is 0 Å². The van der Waals surface area contributed by atoms with Gasteiger partial charge in [-0.25, -0.2) is 14.9 Å². The van der Waals surface area contributed by atoms with E-state index in [0.717, 1.165) is 11.3 Å². The number of carbonyl (C=O) groups is 1. The van der Waals surface area contributed by atoms with E-state index in [1.54, 1.807) is 42.1 Å². The van der Waals surface area contributed by atoms with Crippen LogP contribution in [-0.4, -0.2) is 24.7 Å². The van der Waals surface area contributed by atoms with Gasteiger partial charge in [0.15, 0.2) is 0 Å². The number of carbonyl (C=O) groups excluding carboxylic acids is 1. The van der Waals surface area contributed by atoms with E-state index in [1.807, 2.05) is 48.7 Å². The Morgan fingerprint density at radius 1 is 1.26 bits per heavy atom. The van der Waals surface area contributed by atoms with E-state index in [-0.39, 0.29) is 5.70 Å². The lowest BCUT2D eigenvalue weighted by Crippen LogP contribution is -2.15. The fourth-order valence-corrected chi connectivity index (χ4v) is 3.06. The highest BCUT2D eigenvalue weighted by Crippen LogP contribution is 2.36. The first-order valence-corrected chi connectivity index (χ1v) is 10.8. The van der Waals surface area contributed by atoms with Gasteiger partial charge in [0.2, 0.25) is 0 Å². The summed E-state index contributed by atoms with van der Waals surface area (Å²) in [6.45, 7) is 7.64. The maximum absolute atomic E-state index is 11.7. The summed E-state index contributed by atoms with van der Waals surface area (Å²) in [5.74, 6) is 1.86. The summed E-state index contributed by atoms with van der Waals surface area (Å²) >= 11 is 1.61. The van der Waals surface area contributed by atoms with Crippen molar-refractivity contribution in [3.05, 3.63) is 94.7 Å². The van der Waals surface area contributed by atoms with Crippen molar-refractivity contribution in [3.63, 3.8) is 0 Å². The highest BCUT2D eigenvalue weighted by Gasteiger charge is 2.18. The van der Waals surface area contributed by atoms with Gasteiger partial charge in [-0.3, -0.25) is 5.32 Å². The number of hydrogen-bond donors (Lipinski definition) is 1. The molecule has 0 saturated heterocycles. The molecule has 7 heteroatoms. The lowest BCUT2D eigenvalue weighted by atomic mass is 9.99. The number of fused-ring (bicyclic) bond motifs is 1. The van der Waals surface area contributed by atoms with Gasteiger partial charge in [0, 0.05) is 22.6 Å². The van der Waals surface area contributed by atoms with Crippen LogP contribution in [0.25, 0.3) is 16.5 Å². The van der Waals surface area contributed by atoms with Crippen LogP contribution in [0.4, 0.5) is 10.5 Å². The molecule has 0 spiro atoms. The summed E-state index contributed by atoms with van der Waals surface area (Å²) in [5, 5.41) is 12.0. The number of nitriles is 1. The summed E-state index contributed by atoms with van der Waals surface area (Å²) in [5.41, 5.74) is 2.79. The molecule has 154 valence electrons. The topological polar surface area (TPSA) is 75.7 Å². The monoisotopic (exact) mass is 429 g/mol. The van der Waals surface area contributed by atoms with Crippen molar-refractivity contribution in [2.75, 3.05) is 23.9 Å². The fraction of sp³-hybridized carbons (Fsp3) is 0.125. The van der Waals surface area contributed by atoms with E-state index in [9.17, 15) is 10.1 Å². The molecular formula is C24H19N3O3S. The van der Waals surface area contributed by atoms with Crippen LogP contribution in [0.3, 0.4) is 0 Å². The van der Waals surface area contributed by atoms with Gasteiger partial charge in [-0.05, 0) is 42.2 Å². The third-order valence-corrected chi connectivity index (χ3v) is 4.86. The van der Waals surface area contributed by atoms with E-state index in [0.29, 0.717) is 34.9 Å². The number of anilines is 1. The molecule has 0 fully saturated rings. The minimum atomic E-state index is -0.482. The molecule has 1 amide bonds. The minimum absolute atomic E-state index is 0.0153. The van der Waals surface area contributed by atoms with Crippen LogP contribution >= 0.6 is 11.8 Å². The molecule has 0 bridgehead atoms. The second-order valence-corrected chi connectivity index (χ2v) is 7.33. The third-order valence-electron chi connectivity index (χ3n) is 4.28. The van der Waals surface area contributed by atoms with Crippen molar-refractivity contribution in [2.24, 2.45) is 0 Å². The number of allylic oxidation sites excluding steroid dienone is 4. The molecule has 0 aromatic heterocycles.